The molecule has 2 aromatic heterocycles. The number of nitrogens with zero attached hydrogens (tertiary/aromatic N) is 4. The lowest BCUT2D eigenvalue weighted by molar-refractivity contribution is -0.140. The van der Waals surface area contributed by atoms with E-state index in [-0.39, 0.29) is 29.6 Å². The summed E-state index contributed by atoms with van der Waals surface area (Å²) >= 11 is 7.02. The van der Waals surface area contributed by atoms with Crippen LogP contribution in [0.2, 0.25) is 5.02 Å². The molecule has 1 atom stereocenters. The molecule has 41 heavy (non-hydrogen) atoms. The Balaban J connectivity index is 1.48. The quantitative estimate of drug-likeness (QED) is 0.274. The molecule has 1 aliphatic heterocycles. The van der Waals surface area contributed by atoms with Crippen molar-refractivity contribution in [3.05, 3.63) is 82.1 Å². The number of fused-ring (bicyclic) bond motifs is 1. The van der Waals surface area contributed by atoms with Gasteiger partial charge in [0.25, 0.3) is 0 Å². The molecule has 3 heterocycles. The number of anilines is 2. The van der Waals surface area contributed by atoms with Crippen molar-refractivity contribution < 1.29 is 23.9 Å². The van der Waals surface area contributed by atoms with Crippen molar-refractivity contribution in [2.75, 3.05) is 23.9 Å². The number of carboxylic acids is 1. The highest BCUT2D eigenvalue weighted by Gasteiger charge is 2.29. The van der Waals surface area contributed by atoms with Gasteiger partial charge in [0, 0.05) is 42.9 Å². The summed E-state index contributed by atoms with van der Waals surface area (Å²) in [5, 5.41) is 9.31. The molecule has 11 heteroatoms. The van der Waals surface area contributed by atoms with E-state index in [9.17, 15) is 19.5 Å². The summed E-state index contributed by atoms with van der Waals surface area (Å²) in [7, 11) is 3.15. The maximum atomic E-state index is 15.5. The van der Waals surface area contributed by atoms with E-state index < -0.39 is 22.9 Å². The van der Waals surface area contributed by atoms with Crippen molar-refractivity contribution in [3.8, 4) is 22.4 Å². The molecule has 1 aliphatic rings. The van der Waals surface area contributed by atoms with Crippen molar-refractivity contribution in [2.24, 2.45) is 5.92 Å². The van der Waals surface area contributed by atoms with E-state index in [1.54, 1.807) is 31.4 Å². The van der Waals surface area contributed by atoms with Gasteiger partial charge in [0.15, 0.2) is 5.13 Å². The highest BCUT2D eigenvalue weighted by molar-refractivity contribution is 7.14. The number of thiazole rings is 1. The smallest absolute Gasteiger partial charge is 0.304 e. The minimum absolute atomic E-state index is 0.00460. The van der Waals surface area contributed by atoms with Crippen molar-refractivity contribution in [3.63, 3.8) is 0 Å². The average molecular weight is 593 g/mol. The van der Waals surface area contributed by atoms with Crippen molar-refractivity contribution >= 4 is 51.7 Å². The van der Waals surface area contributed by atoms with Crippen LogP contribution in [-0.4, -0.2) is 47.0 Å². The number of aliphatic carboxylic acids is 1. The Bertz CT molecular complexity index is 1640. The van der Waals surface area contributed by atoms with Gasteiger partial charge in [0.05, 0.1) is 12.3 Å². The molecule has 0 fully saturated rings. The summed E-state index contributed by atoms with van der Waals surface area (Å²) in [5.74, 6) is -1.84. The second-order valence-electron chi connectivity index (χ2n) is 9.85. The third-order valence-corrected chi connectivity index (χ3v) is 8.23. The fourth-order valence-electron chi connectivity index (χ4n) is 4.95. The number of aromatic nitrogens is 2. The fourth-order valence-corrected chi connectivity index (χ4v) is 5.90. The van der Waals surface area contributed by atoms with Gasteiger partial charge in [0.2, 0.25) is 16.9 Å². The Hall–Kier alpha value is -4.15. The first kappa shape index (κ1) is 28.4. The third kappa shape index (κ3) is 5.98. The van der Waals surface area contributed by atoms with Gasteiger partial charge < -0.3 is 5.11 Å². The predicted octanol–water partition coefficient (Wildman–Crippen LogP) is 5.87. The number of amides is 2. The lowest BCUT2D eigenvalue weighted by atomic mass is 9.95. The molecule has 0 saturated heterocycles. The number of carboxylic acid groups (broad SMARTS) is 1. The zero-order valence-corrected chi connectivity index (χ0v) is 23.9. The number of halogens is 2. The molecular formula is C30H26ClFN4O4S. The minimum Gasteiger partial charge on any atom is -0.481 e. The van der Waals surface area contributed by atoms with Crippen LogP contribution < -0.4 is 9.80 Å². The second-order valence-corrected chi connectivity index (χ2v) is 11.2. The van der Waals surface area contributed by atoms with E-state index in [4.69, 9.17) is 11.6 Å². The van der Waals surface area contributed by atoms with Crippen LogP contribution in [0.15, 0.2) is 60.8 Å². The lowest BCUT2D eigenvalue weighted by Gasteiger charge is -2.25. The number of carbonyl (C=O) groups is 3. The van der Waals surface area contributed by atoms with E-state index >= 15 is 4.39 Å². The van der Waals surface area contributed by atoms with Crippen LogP contribution in [0.3, 0.4) is 0 Å². The van der Waals surface area contributed by atoms with E-state index in [0.29, 0.717) is 51.7 Å². The number of hydrogen-bond acceptors (Lipinski definition) is 6. The summed E-state index contributed by atoms with van der Waals surface area (Å²) in [5.41, 5.74) is 3.52. The molecule has 2 amide bonds. The summed E-state index contributed by atoms with van der Waals surface area (Å²) in [6.45, 7) is 0. The second kappa shape index (κ2) is 11.8. The lowest BCUT2D eigenvalue weighted by Crippen LogP contribution is -2.35. The van der Waals surface area contributed by atoms with Crippen LogP contribution in [0, 0.1) is 11.0 Å². The van der Waals surface area contributed by atoms with E-state index in [2.05, 4.69) is 9.97 Å². The number of aryl methyl sites for hydroxylation is 1. The number of benzene rings is 2. The Morgan fingerprint density at radius 1 is 1.15 bits per heavy atom. The van der Waals surface area contributed by atoms with Gasteiger partial charge in [-0.3, -0.25) is 24.2 Å². The van der Waals surface area contributed by atoms with Crippen LogP contribution in [0.25, 0.3) is 22.4 Å². The van der Waals surface area contributed by atoms with Crippen molar-refractivity contribution in [2.45, 2.75) is 25.7 Å². The highest BCUT2D eigenvalue weighted by Crippen LogP contribution is 2.40. The average Bonchev–Trinajstić information content (AvgIpc) is 3.35. The number of rotatable bonds is 8. The van der Waals surface area contributed by atoms with Crippen LogP contribution in [-0.2, 0) is 27.2 Å². The molecule has 4 aromatic rings. The van der Waals surface area contributed by atoms with Crippen LogP contribution in [0.1, 0.15) is 24.0 Å². The van der Waals surface area contributed by atoms with Crippen LogP contribution in [0.5, 0.6) is 0 Å². The molecular weight excluding hydrogens is 567 g/mol. The van der Waals surface area contributed by atoms with Crippen LogP contribution in [0.4, 0.5) is 15.3 Å². The first-order chi connectivity index (χ1) is 19.6. The largest absolute Gasteiger partial charge is 0.481 e. The normalized spacial score (nSPS) is 13.6. The van der Waals surface area contributed by atoms with Crippen LogP contribution >= 0.6 is 22.9 Å². The van der Waals surface area contributed by atoms with Crippen molar-refractivity contribution in [1.82, 2.24) is 9.97 Å². The predicted molar refractivity (Wildman–Crippen MR) is 157 cm³/mol. The summed E-state index contributed by atoms with van der Waals surface area (Å²) in [6, 6.07) is 16.1. The van der Waals surface area contributed by atoms with Gasteiger partial charge >= 0.3 is 5.97 Å². The molecule has 1 unspecified atom stereocenters. The van der Waals surface area contributed by atoms with E-state index in [1.807, 2.05) is 36.4 Å². The highest BCUT2D eigenvalue weighted by atomic mass is 35.5. The Kier molecular flexibility index (Phi) is 8.14. The standard InChI is InChI=1S/C30H26ClFN4O4S/c1-35-24(37)11-8-18-13-20(16-33-28(18)35)22-10-9-21(31)15-23(22)26-27(32)41-30(34-26)36(2)29(40)19(14-25(38)39)12-17-6-4-3-5-7-17/h3-7,9-10,13,15-16,19H,8,11-12,14H2,1-2H3,(H,38,39). The summed E-state index contributed by atoms with van der Waals surface area (Å²) < 4.78 is 15.5. The molecule has 1 N–H and O–H groups in total. The number of pyridine rings is 1. The van der Waals surface area contributed by atoms with Crippen molar-refractivity contribution in [1.29, 1.82) is 0 Å². The third-order valence-electron chi connectivity index (χ3n) is 7.08. The monoisotopic (exact) mass is 592 g/mol. The molecule has 2 aromatic carbocycles. The van der Waals surface area contributed by atoms with Gasteiger partial charge in [-0.15, -0.1) is 0 Å². The number of hydrogen-bond donors (Lipinski definition) is 1. The SMILES string of the molecule is CN(C(=O)C(CC(=O)O)Cc1ccccc1)c1nc(-c2cc(Cl)ccc2-c2cnc3c(c2)CCC(=O)N3C)c(F)s1. The molecule has 210 valence electrons. The molecule has 0 spiro atoms. The fraction of sp³-hybridized carbons (Fsp3) is 0.233. The summed E-state index contributed by atoms with van der Waals surface area (Å²) in [4.78, 5) is 48.8. The van der Waals surface area contributed by atoms with Gasteiger partial charge in [-0.1, -0.05) is 59.3 Å². The van der Waals surface area contributed by atoms with Gasteiger partial charge in [-0.05, 0) is 47.7 Å². The zero-order valence-electron chi connectivity index (χ0n) is 22.3. The molecule has 8 nitrogen and oxygen atoms in total. The van der Waals surface area contributed by atoms with Gasteiger partial charge in [0.1, 0.15) is 11.5 Å². The first-order valence-corrected chi connectivity index (χ1v) is 14.1. The van der Waals surface area contributed by atoms with E-state index in [1.165, 1.54) is 16.8 Å². The Labute approximate surface area is 245 Å². The maximum absolute atomic E-state index is 15.5. The maximum Gasteiger partial charge on any atom is 0.304 e. The Morgan fingerprint density at radius 3 is 2.63 bits per heavy atom. The Morgan fingerprint density at radius 2 is 1.90 bits per heavy atom. The molecule has 0 aliphatic carbocycles. The first-order valence-electron chi connectivity index (χ1n) is 12.9. The molecule has 0 saturated carbocycles. The minimum atomic E-state index is -1.10. The van der Waals surface area contributed by atoms with E-state index in [0.717, 1.165) is 11.1 Å². The topological polar surface area (TPSA) is 104 Å². The summed E-state index contributed by atoms with van der Waals surface area (Å²) in [6.07, 6.45) is 2.40. The molecule has 0 bridgehead atoms. The zero-order chi connectivity index (χ0) is 29.3. The van der Waals surface area contributed by atoms with Gasteiger partial charge in [-0.25, -0.2) is 9.97 Å². The molecule has 0 radical (unpaired) electrons. The molecule has 5 rings (SSSR count). The number of carbonyl (C=O) groups excluding carboxylic acids is 2. The van der Waals surface area contributed by atoms with Gasteiger partial charge in [-0.2, -0.15) is 4.39 Å².